The average Bonchev–Trinajstić information content (AvgIpc) is 2.65. The van der Waals surface area contributed by atoms with Crippen molar-refractivity contribution in [3.63, 3.8) is 0 Å². The summed E-state index contributed by atoms with van der Waals surface area (Å²) >= 11 is 6.30. The van der Waals surface area contributed by atoms with Crippen LogP contribution in [0.5, 0.6) is 0 Å². The van der Waals surface area contributed by atoms with E-state index in [1.165, 1.54) is 4.40 Å². The Labute approximate surface area is 128 Å². The number of hydrogen-bond donors (Lipinski definition) is 0. The van der Waals surface area contributed by atoms with Crippen molar-refractivity contribution in [3.05, 3.63) is 34.4 Å². The molecule has 0 amide bonds. The minimum Gasteiger partial charge on any atom is -0.309 e. The summed E-state index contributed by atoms with van der Waals surface area (Å²) in [7, 11) is 0. The van der Waals surface area contributed by atoms with Crippen molar-refractivity contribution in [1.82, 2.24) is 4.40 Å². The van der Waals surface area contributed by atoms with Gasteiger partial charge in [-0.2, -0.15) is 13.2 Å². The Morgan fingerprint density at radius 3 is 2.74 bits per heavy atom. The molecule has 0 unspecified atom stereocenters. The summed E-state index contributed by atoms with van der Waals surface area (Å²) < 4.78 is 40.1. The molecule has 0 aliphatic heterocycles. The van der Waals surface area contributed by atoms with Crippen LogP contribution in [0.2, 0.25) is 0 Å². The van der Waals surface area contributed by atoms with E-state index in [9.17, 15) is 13.2 Å². The Balaban J connectivity index is 2.65. The summed E-state index contributed by atoms with van der Waals surface area (Å²) in [5, 5.41) is 0.494. The first-order valence-corrected chi connectivity index (χ1v) is 7.75. The summed E-state index contributed by atoms with van der Waals surface area (Å²) in [4.78, 5) is 0. The largest absolute Gasteiger partial charge is 0.447 e. The number of rotatable bonds is 1. The number of pyridine rings is 1. The zero-order valence-corrected chi connectivity index (χ0v) is 13.3. The molecule has 0 aliphatic rings. The van der Waals surface area contributed by atoms with Crippen molar-refractivity contribution in [2.75, 3.05) is 5.33 Å². The van der Waals surface area contributed by atoms with E-state index < -0.39 is 5.51 Å². The van der Waals surface area contributed by atoms with E-state index >= 15 is 0 Å². The fourth-order valence-corrected chi connectivity index (χ4v) is 2.87. The predicted octanol–water partition coefficient (Wildman–Crippen LogP) is 5.06. The summed E-state index contributed by atoms with van der Waals surface area (Å²) in [5.41, 5.74) is -3.32. The lowest BCUT2D eigenvalue weighted by Gasteiger charge is -2.07. The van der Waals surface area contributed by atoms with E-state index in [4.69, 9.17) is 0 Å². The Morgan fingerprint density at radius 2 is 2.11 bits per heavy atom. The molecular weight excluding hydrogens is 407 g/mol. The third-order valence-electron chi connectivity index (χ3n) is 2.21. The molecule has 0 saturated carbocycles. The maximum atomic E-state index is 12.6. The normalized spacial score (nSPS) is 11.4. The minimum atomic E-state index is -4.35. The smallest absolute Gasteiger partial charge is 0.309 e. The van der Waals surface area contributed by atoms with Gasteiger partial charge in [0.15, 0.2) is 0 Å². The molecule has 7 heteroatoms. The summed E-state index contributed by atoms with van der Waals surface area (Å²) in [5.74, 6) is 5.47. The van der Waals surface area contributed by atoms with Gasteiger partial charge in [-0.1, -0.05) is 27.8 Å². The topological polar surface area (TPSA) is 4.41 Å². The van der Waals surface area contributed by atoms with Crippen LogP contribution >= 0.6 is 43.6 Å². The molecule has 1 nitrogen and oxygen atoms in total. The first kappa shape index (κ1) is 14.8. The van der Waals surface area contributed by atoms with Crippen LogP contribution in [-0.2, 0) is 0 Å². The van der Waals surface area contributed by atoms with Gasteiger partial charge < -0.3 is 4.40 Å². The molecule has 2 aromatic heterocycles. The quantitative estimate of drug-likeness (QED) is 0.360. The first-order valence-electron chi connectivity index (χ1n) is 5.02. The number of fused-ring (bicyclic) bond motifs is 1. The van der Waals surface area contributed by atoms with Crippen LogP contribution < -0.4 is 0 Å². The molecule has 2 heterocycles. The van der Waals surface area contributed by atoms with Crippen LogP contribution in [0, 0.1) is 11.8 Å². The van der Waals surface area contributed by atoms with E-state index in [-0.39, 0.29) is 16.8 Å². The van der Waals surface area contributed by atoms with Gasteiger partial charge in [0.25, 0.3) is 0 Å². The Kier molecular flexibility index (Phi) is 4.54. The van der Waals surface area contributed by atoms with Gasteiger partial charge in [0.1, 0.15) is 5.03 Å². The molecule has 0 aliphatic carbocycles. The SMILES string of the molecule is FC(F)(F)Sc1c(C#CCBr)cc2c(Br)cccn12. The molecular formula is C12H6Br2F3NS. The Morgan fingerprint density at radius 1 is 1.37 bits per heavy atom. The van der Waals surface area contributed by atoms with Crippen molar-refractivity contribution < 1.29 is 13.2 Å². The third kappa shape index (κ3) is 3.50. The number of thioether (sulfide) groups is 1. The number of hydrogen-bond acceptors (Lipinski definition) is 1. The standard InChI is InChI=1S/C12H6Br2F3NS/c13-5-1-3-8-7-10-9(14)4-2-6-18(10)11(8)19-12(15,16)17/h2,4,6-7H,5H2. The van der Waals surface area contributed by atoms with E-state index in [2.05, 4.69) is 43.7 Å². The zero-order chi connectivity index (χ0) is 14.0. The maximum Gasteiger partial charge on any atom is 0.447 e. The molecule has 0 fully saturated rings. The molecule has 2 aromatic rings. The predicted molar refractivity (Wildman–Crippen MR) is 77.7 cm³/mol. The summed E-state index contributed by atoms with van der Waals surface area (Å²) in [6.07, 6.45) is 1.59. The molecule has 0 atom stereocenters. The van der Waals surface area contributed by atoms with Gasteiger partial charge in [0.05, 0.1) is 16.4 Å². The van der Waals surface area contributed by atoms with Crippen molar-refractivity contribution in [2.45, 2.75) is 10.5 Å². The molecule has 100 valence electrons. The van der Waals surface area contributed by atoms with Gasteiger partial charge in [0.2, 0.25) is 0 Å². The van der Waals surface area contributed by atoms with Gasteiger partial charge in [-0.05, 0) is 34.1 Å². The summed E-state index contributed by atoms with van der Waals surface area (Å²) in [6.45, 7) is 0. The van der Waals surface area contributed by atoms with Crippen molar-refractivity contribution in [2.24, 2.45) is 0 Å². The third-order valence-corrected chi connectivity index (χ3v) is 4.01. The highest BCUT2D eigenvalue weighted by Gasteiger charge is 2.32. The second kappa shape index (κ2) is 5.81. The lowest BCUT2D eigenvalue weighted by atomic mass is 10.3. The van der Waals surface area contributed by atoms with Crippen LogP contribution in [-0.4, -0.2) is 15.2 Å². The number of alkyl halides is 4. The number of aromatic nitrogens is 1. The highest BCUT2D eigenvalue weighted by Crippen LogP contribution is 2.40. The van der Waals surface area contributed by atoms with Crippen LogP contribution in [0.25, 0.3) is 5.52 Å². The molecule has 19 heavy (non-hydrogen) atoms. The monoisotopic (exact) mass is 411 g/mol. The fourth-order valence-electron chi connectivity index (χ4n) is 1.57. The highest BCUT2D eigenvalue weighted by molar-refractivity contribution is 9.10. The number of nitrogens with zero attached hydrogens (tertiary/aromatic N) is 1. The van der Waals surface area contributed by atoms with E-state index in [0.29, 0.717) is 16.4 Å². The molecule has 0 saturated heterocycles. The van der Waals surface area contributed by atoms with E-state index in [0.717, 1.165) is 4.47 Å². The van der Waals surface area contributed by atoms with Crippen molar-refractivity contribution >= 4 is 49.1 Å². The van der Waals surface area contributed by atoms with E-state index in [1.54, 1.807) is 24.4 Å². The Bertz CT molecular complexity index is 667. The van der Waals surface area contributed by atoms with Crippen molar-refractivity contribution in [3.8, 4) is 11.8 Å². The number of halogens is 5. The molecule has 0 aromatic carbocycles. The van der Waals surface area contributed by atoms with Crippen LogP contribution in [0.15, 0.2) is 33.9 Å². The molecule has 0 bridgehead atoms. The zero-order valence-electron chi connectivity index (χ0n) is 9.26. The summed E-state index contributed by atoms with van der Waals surface area (Å²) in [6, 6.07) is 5.10. The Hall–Kier alpha value is -0.580. The van der Waals surface area contributed by atoms with Gasteiger partial charge in [-0.25, -0.2) is 0 Å². The van der Waals surface area contributed by atoms with Crippen LogP contribution in [0.4, 0.5) is 13.2 Å². The fraction of sp³-hybridized carbons (Fsp3) is 0.167. The molecule has 0 N–H and O–H groups in total. The lowest BCUT2D eigenvalue weighted by Crippen LogP contribution is -2.01. The van der Waals surface area contributed by atoms with Crippen molar-refractivity contribution in [1.29, 1.82) is 0 Å². The molecule has 0 radical (unpaired) electrons. The van der Waals surface area contributed by atoms with Gasteiger partial charge in [-0.3, -0.25) is 0 Å². The van der Waals surface area contributed by atoms with Crippen LogP contribution in [0.1, 0.15) is 5.56 Å². The molecule has 2 rings (SSSR count). The minimum absolute atomic E-state index is 0.0808. The first-order chi connectivity index (χ1) is 8.92. The van der Waals surface area contributed by atoms with E-state index in [1.807, 2.05) is 0 Å². The van der Waals surface area contributed by atoms with Gasteiger partial charge >= 0.3 is 5.51 Å². The highest BCUT2D eigenvalue weighted by atomic mass is 79.9. The second-order valence-corrected chi connectivity index (χ2v) is 5.93. The second-order valence-electron chi connectivity index (χ2n) is 3.46. The van der Waals surface area contributed by atoms with Gasteiger partial charge in [-0.15, -0.1) is 0 Å². The lowest BCUT2D eigenvalue weighted by molar-refractivity contribution is -0.0329. The average molecular weight is 413 g/mol. The maximum absolute atomic E-state index is 12.6. The molecule has 0 spiro atoms. The van der Waals surface area contributed by atoms with Crippen LogP contribution in [0.3, 0.4) is 0 Å². The van der Waals surface area contributed by atoms with Gasteiger partial charge in [0, 0.05) is 22.4 Å².